The van der Waals surface area contributed by atoms with Crippen molar-refractivity contribution in [3.8, 4) is 5.75 Å². The van der Waals surface area contributed by atoms with E-state index in [4.69, 9.17) is 10.5 Å². The van der Waals surface area contributed by atoms with Crippen molar-refractivity contribution in [2.45, 2.75) is 25.3 Å². The average molecular weight is 295 g/mol. The lowest BCUT2D eigenvalue weighted by atomic mass is 10.0. The van der Waals surface area contributed by atoms with Crippen LogP contribution in [0.1, 0.15) is 35.2 Å². The Balaban J connectivity index is 1.61. The van der Waals surface area contributed by atoms with Crippen LogP contribution in [0, 0.1) is 5.92 Å². The van der Waals surface area contributed by atoms with Gasteiger partial charge in [-0.2, -0.15) is 0 Å². The molecule has 1 aliphatic carbocycles. The highest BCUT2D eigenvalue weighted by molar-refractivity contribution is 6.08. The van der Waals surface area contributed by atoms with Crippen LogP contribution in [0.2, 0.25) is 0 Å². The van der Waals surface area contributed by atoms with Gasteiger partial charge in [0, 0.05) is 23.1 Å². The predicted molar refractivity (Wildman–Crippen MR) is 87.1 cm³/mol. The molecule has 2 N–H and O–H groups in total. The molecule has 3 heteroatoms. The van der Waals surface area contributed by atoms with Crippen molar-refractivity contribution < 1.29 is 9.53 Å². The molecule has 0 aliphatic heterocycles. The summed E-state index contributed by atoms with van der Waals surface area (Å²) in [6.07, 6.45) is 3.43. The van der Waals surface area contributed by atoms with Crippen molar-refractivity contribution in [3.63, 3.8) is 0 Å². The van der Waals surface area contributed by atoms with E-state index >= 15 is 0 Å². The second-order valence-electron chi connectivity index (χ2n) is 5.89. The van der Waals surface area contributed by atoms with E-state index < -0.39 is 0 Å². The summed E-state index contributed by atoms with van der Waals surface area (Å²) < 4.78 is 5.81. The third-order valence-electron chi connectivity index (χ3n) is 4.33. The summed E-state index contributed by atoms with van der Waals surface area (Å²) in [5.74, 6) is 1.28. The number of hydrogen-bond donors (Lipinski definition) is 1. The second-order valence-corrected chi connectivity index (χ2v) is 5.89. The number of nitrogens with two attached hydrogens (primary N) is 1. The molecule has 0 radical (unpaired) electrons. The van der Waals surface area contributed by atoms with E-state index in [1.807, 2.05) is 54.6 Å². The lowest BCUT2D eigenvalue weighted by molar-refractivity contribution is 0.103. The Morgan fingerprint density at radius 2 is 1.68 bits per heavy atom. The smallest absolute Gasteiger partial charge is 0.193 e. The summed E-state index contributed by atoms with van der Waals surface area (Å²) in [6, 6.07) is 16.9. The summed E-state index contributed by atoms with van der Waals surface area (Å²) in [6.45, 7) is 0.660. The molecule has 1 saturated carbocycles. The monoisotopic (exact) mass is 295 g/mol. The van der Waals surface area contributed by atoms with Gasteiger partial charge in [0.2, 0.25) is 0 Å². The van der Waals surface area contributed by atoms with Crippen LogP contribution in [0.15, 0.2) is 54.6 Å². The molecule has 22 heavy (non-hydrogen) atoms. The zero-order chi connectivity index (χ0) is 15.4. The minimum atomic E-state index is 0.0324. The number of carbonyl (C=O) groups is 1. The van der Waals surface area contributed by atoms with E-state index in [2.05, 4.69) is 0 Å². The number of carbonyl (C=O) groups excluding carboxylic acids is 1. The van der Waals surface area contributed by atoms with Crippen molar-refractivity contribution in [1.29, 1.82) is 0 Å². The fourth-order valence-electron chi connectivity index (χ4n) is 2.93. The van der Waals surface area contributed by atoms with Gasteiger partial charge in [-0.1, -0.05) is 36.8 Å². The summed E-state index contributed by atoms with van der Waals surface area (Å²) in [4.78, 5) is 12.3. The molecule has 1 aliphatic rings. The maximum atomic E-state index is 12.3. The molecule has 2 atom stereocenters. The first-order valence-corrected chi connectivity index (χ1v) is 7.82. The van der Waals surface area contributed by atoms with Crippen LogP contribution in [0.5, 0.6) is 5.75 Å². The second kappa shape index (κ2) is 6.75. The van der Waals surface area contributed by atoms with Crippen molar-refractivity contribution >= 4 is 5.78 Å². The van der Waals surface area contributed by atoms with E-state index in [9.17, 15) is 4.79 Å². The molecule has 3 nitrogen and oxygen atoms in total. The third-order valence-corrected chi connectivity index (χ3v) is 4.33. The normalized spacial score (nSPS) is 20.8. The van der Waals surface area contributed by atoms with Crippen LogP contribution in [0.3, 0.4) is 0 Å². The van der Waals surface area contributed by atoms with Gasteiger partial charge in [-0.25, -0.2) is 0 Å². The fourth-order valence-corrected chi connectivity index (χ4v) is 2.93. The maximum Gasteiger partial charge on any atom is 0.193 e. The van der Waals surface area contributed by atoms with Gasteiger partial charge >= 0.3 is 0 Å². The van der Waals surface area contributed by atoms with Crippen LogP contribution in [-0.4, -0.2) is 18.4 Å². The first kappa shape index (κ1) is 14.8. The largest absolute Gasteiger partial charge is 0.493 e. The highest BCUT2D eigenvalue weighted by Gasteiger charge is 2.24. The minimum absolute atomic E-state index is 0.0324. The highest BCUT2D eigenvalue weighted by atomic mass is 16.5. The molecule has 0 bridgehead atoms. The van der Waals surface area contributed by atoms with Crippen LogP contribution in [-0.2, 0) is 0 Å². The van der Waals surface area contributed by atoms with Gasteiger partial charge in [0.05, 0.1) is 6.61 Å². The Kier molecular flexibility index (Phi) is 4.54. The van der Waals surface area contributed by atoms with E-state index in [0.717, 1.165) is 18.6 Å². The molecule has 2 unspecified atom stereocenters. The van der Waals surface area contributed by atoms with Crippen LogP contribution >= 0.6 is 0 Å². The molecule has 0 amide bonds. The van der Waals surface area contributed by atoms with E-state index in [0.29, 0.717) is 23.7 Å². The Morgan fingerprint density at radius 3 is 2.32 bits per heavy atom. The van der Waals surface area contributed by atoms with Gasteiger partial charge in [-0.15, -0.1) is 0 Å². The molecule has 0 heterocycles. The Morgan fingerprint density at radius 1 is 1.00 bits per heavy atom. The molecule has 0 aromatic heterocycles. The van der Waals surface area contributed by atoms with E-state index in [1.165, 1.54) is 6.42 Å². The van der Waals surface area contributed by atoms with Crippen molar-refractivity contribution in [2.75, 3.05) is 6.61 Å². The van der Waals surface area contributed by atoms with Crippen LogP contribution in [0.4, 0.5) is 0 Å². The standard InChI is InChI=1S/C19H21NO2/c20-18-8-4-7-16(18)13-22-17-11-9-15(10-12-17)19(21)14-5-2-1-3-6-14/h1-3,5-6,9-12,16,18H,4,7-8,13,20H2. The van der Waals surface area contributed by atoms with Crippen molar-refractivity contribution in [3.05, 3.63) is 65.7 Å². The Labute approximate surface area is 131 Å². The Bertz CT molecular complexity index is 622. The van der Waals surface area contributed by atoms with Crippen LogP contribution < -0.4 is 10.5 Å². The highest BCUT2D eigenvalue weighted by Crippen LogP contribution is 2.25. The summed E-state index contributed by atoms with van der Waals surface area (Å²) >= 11 is 0. The van der Waals surface area contributed by atoms with Gasteiger partial charge < -0.3 is 10.5 Å². The van der Waals surface area contributed by atoms with Crippen molar-refractivity contribution in [2.24, 2.45) is 11.7 Å². The quantitative estimate of drug-likeness (QED) is 0.860. The molecule has 2 aromatic rings. The number of hydrogen-bond acceptors (Lipinski definition) is 3. The van der Waals surface area contributed by atoms with Crippen LogP contribution in [0.25, 0.3) is 0 Å². The average Bonchev–Trinajstić information content (AvgIpc) is 2.99. The first-order chi connectivity index (χ1) is 10.7. The number of rotatable bonds is 5. The lowest BCUT2D eigenvalue weighted by Crippen LogP contribution is -2.28. The molecule has 3 rings (SSSR count). The third kappa shape index (κ3) is 3.37. The van der Waals surface area contributed by atoms with Gasteiger partial charge in [-0.05, 0) is 37.1 Å². The number of benzene rings is 2. The number of ketones is 1. The maximum absolute atomic E-state index is 12.3. The topological polar surface area (TPSA) is 52.3 Å². The molecule has 114 valence electrons. The number of ether oxygens (including phenoxy) is 1. The molecular formula is C19H21NO2. The first-order valence-electron chi connectivity index (χ1n) is 7.82. The minimum Gasteiger partial charge on any atom is -0.493 e. The SMILES string of the molecule is NC1CCCC1COc1ccc(C(=O)c2ccccc2)cc1. The predicted octanol–water partition coefficient (Wildman–Crippen LogP) is 3.42. The zero-order valence-corrected chi connectivity index (χ0v) is 12.6. The van der Waals surface area contributed by atoms with Gasteiger partial charge in [0.15, 0.2) is 5.78 Å². The fraction of sp³-hybridized carbons (Fsp3) is 0.316. The van der Waals surface area contributed by atoms with Gasteiger partial charge in [0.25, 0.3) is 0 Å². The molecular weight excluding hydrogens is 274 g/mol. The van der Waals surface area contributed by atoms with Crippen molar-refractivity contribution in [1.82, 2.24) is 0 Å². The summed E-state index contributed by atoms with van der Waals surface area (Å²) in [7, 11) is 0. The summed E-state index contributed by atoms with van der Waals surface area (Å²) in [5.41, 5.74) is 7.43. The molecule has 1 fully saturated rings. The molecule has 0 spiro atoms. The van der Waals surface area contributed by atoms with Gasteiger partial charge in [0.1, 0.15) is 5.75 Å². The van der Waals surface area contributed by atoms with Gasteiger partial charge in [-0.3, -0.25) is 4.79 Å². The Hall–Kier alpha value is -2.13. The van der Waals surface area contributed by atoms with E-state index in [-0.39, 0.29) is 11.8 Å². The summed E-state index contributed by atoms with van der Waals surface area (Å²) in [5, 5.41) is 0. The molecule has 2 aromatic carbocycles. The van der Waals surface area contributed by atoms with E-state index in [1.54, 1.807) is 0 Å². The zero-order valence-electron chi connectivity index (χ0n) is 12.6. The molecule has 0 saturated heterocycles. The lowest BCUT2D eigenvalue weighted by Gasteiger charge is -2.16.